The summed E-state index contributed by atoms with van der Waals surface area (Å²) in [5.41, 5.74) is 0.559. The fourth-order valence-electron chi connectivity index (χ4n) is 1.30. The molecule has 3 N–H and O–H groups in total. The van der Waals surface area contributed by atoms with Crippen LogP contribution in [0, 0.1) is 0 Å². The lowest BCUT2D eigenvalue weighted by Crippen LogP contribution is -2.35. The second-order valence-corrected chi connectivity index (χ2v) is 3.64. The monoisotopic (exact) mass is 265 g/mol. The lowest BCUT2D eigenvalue weighted by Gasteiger charge is -2.14. The summed E-state index contributed by atoms with van der Waals surface area (Å²) in [5, 5.41) is 20.4. The predicted octanol–water partition coefficient (Wildman–Crippen LogP) is 1.03. The number of rotatable bonds is 6. The smallest absolute Gasteiger partial charge is 0.406 e. The van der Waals surface area contributed by atoms with Crippen LogP contribution in [0.15, 0.2) is 24.3 Å². The van der Waals surface area contributed by atoms with Crippen LogP contribution in [0.1, 0.15) is 5.56 Å². The molecule has 7 heteroatoms. The van der Waals surface area contributed by atoms with Gasteiger partial charge in [-0.1, -0.05) is 12.1 Å². The highest BCUT2D eigenvalue weighted by molar-refractivity contribution is 5.28. The van der Waals surface area contributed by atoms with Gasteiger partial charge in [-0.05, 0) is 17.7 Å². The Hall–Kier alpha value is -1.31. The molecule has 0 spiro atoms. The third-order valence-corrected chi connectivity index (χ3v) is 2.17. The molecular formula is C11H14F3NO3. The largest absolute Gasteiger partial charge is 0.573 e. The van der Waals surface area contributed by atoms with E-state index in [1.807, 2.05) is 0 Å². The van der Waals surface area contributed by atoms with Crippen LogP contribution in [0.2, 0.25) is 0 Å². The van der Waals surface area contributed by atoms with Crippen molar-refractivity contribution in [3.63, 3.8) is 0 Å². The van der Waals surface area contributed by atoms with E-state index in [0.29, 0.717) is 5.56 Å². The van der Waals surface area contributed by atoms with Crippen LogP contribution in [0.3, 0.4) is 0 Å². The molecule has 0 atom stereocenters. The van der Waals surface area contributed by atoms with Crippen molar-refractivity contribution in [3.05, 3.63) is 29.8 Å². The van der Waals surface area contributed by atoms with Crippen molar-refractivity contribution in [2.45, 2.75) is 18.9 Å². The van der Waals surface area contributed by atoms with E-state index in [1.54, 1.807) is 6.07 Å². The summed E-state index contributed by atoms with van der Waals surface area (Å²) >= 11 is 0. The normalized spacial score (nSPS) is 11.9. The predicted molar refractivity (Wildman–Crippen MR) is 57.9 cm³/mol. The van der Waals surface area contributed by atoms with Crippen molar-refractivity contribution in [1.82, 2.24) is 5.32 Å². The van der Waals surface area contributed by atoms with Crippen molar-refractivity contribution < 1.29 is 28.1 Å². The molecule has 0 fully saturated rings. The molecule has 4 nitrogen and oxygen atoms in total. The maximum absolute atomic E-state index is 12.0. The molecule has 0 unspecified atom stereocenters. The van der Waals surface area contributed by atoms with Gasteiger partial charge in [0.2, 0.25) is 0 Å². The summed E-state index contributed by atoms with van der Waals surface area (Å²) in [4.78, 5) is 0. The standard InChI is InChI=1S/C11H14F3NO3/c12-11(13,14)18-10-3-1-2-8(4-10)5-15-9(6-16)7-17/h1-4,9,15-17H,5-7H2. The Labute approximate surface area is 102 Å². The summed E-state index contributed by atoms with van der Waals surface area (Å²) in [5.74, 6) is -0.300. The lowest BCUT2D eigenvalue weighted by atomic mass is 10.2. The summed E-state index contributed by atoms with van der Waals surface area (Å²) < 4.78 is 39.8. The maximum atomic E-state index is 12.0. The van der Waals surface area contributed by atoms with E-state index < -0.39 is 12.4 Å². The molecule has 0 amide bonds. The minimum absolute atomic E-state index is 0.223. The molecule has 0 aliphatic carbocycles. The van der Waals surface area contributed by atoms with Crippen LogP contribution in [0.4, 0.5) is 13.2 Å². The molecule has 0 aliphatic rings. The van der Waals surface area contributed by atoms with Crippen molar-refractivity contribution in [2.75, 3.05) is 13.2 Å². The van der Waals surface area contributed by atoms with Crippen molar-refractivity contribution in [3.8, 4) is 5.75 Å². The Morgan fingerprint density at radius 1 is 1.22 bits per heavy atom. The highest BCUT2D eigenvalue weighted by Gasteiger charge is 2.31. The minimum atomic E-state index is -4.72. The second kappa shape index (κ2) is 6.58. The lowest BCUT2D eigenvalue weighted by molar-refractivity contribution is -0.274. The Morgan fingerprint density at radius 3 is 2.44 bits per heavy atom. The highest BCUT2D eigenvalue weighted by atomic mass is 19.4. The number of nitrogens with one attached hydrogen (secondary N) is 1. The van der Waals surface area contributed by atoms with Gasteiger partial charge in [-0.3, -0.25) is 0 Å². The number of halogens is 3. The number of ether oxygens (including phenoxy) is 1. The van der Waals surface area contributed by atoms with E-state index in [0.717, 1.165) is 0 Å². The highest BCUT2D eigenvalue weighted by Crippen LogP contribution is 2.23. The number of hydrogen-bond donors (Lipinski definition) is 3. The summed E-state index contributed by atoms with van der Waals surface area (Å²) in [6.07, 6.45) is -4.72. The fourth-order valence-corrected chi connectivity index (χ4v) is 1.30. The molecule has 102 valence electrons. The van der Waals surface area contributed by atoms with Crippen LogP contribution < -0.4 is 10.1 Å². The molecule has 0 aliphatic heterocycles. The number of hydrogen-bond acceptors (Lipinski definition) is 4. The van der Waals surface area contributed by atoms with E-state index >= 15 is 0 Å². The van der Waals surface area contributed by atoms with Gasteiger partial charge in [0.05, 0.1) is 19.3 Å². The Kier molecular flexibility index (Phi) is 5.39. The summed E-state index contributed by atoms with van der Waals surface area (Å²) in [6, 6.07) is 4.99. The average molecular weight is 265 g/mol. The number of aliphatic hydroxyl groups is 2. The first-order valence-corrected chi connectivity index (χ1v) is 5.24. The first-order chi connectivity index (χ1) is 8.44. The molecule has 1 aromatic carbocycles. The topological polar surface area (TPSA) is 61.7 Å². The third kappa shape index (κ3) is 5.35. The zero-order valence-electron chi connectivity index (χ0n) is 9.44. The molecule has 0 saturated carbocycles. The minimum Gasteiger partial charge on any atom is -0.406 e. The van der Waals surface area contributed by atoms with E-state index in [9.17, 15) is 13.2 Å². The van der Waals surface area contributed by atoms with Gasteiger partial charge < -0.3 is 20.3 Å². The molecule has 1 rings (SSSR count). The molecular weight excluding hydrogens is 251 g/mol. The number of aliphatic hydroxyl groups excluding tert-OH is 2. The van der Waals surface area contributed by atoms with Gasteiger partial charge in [-0.25, -0.2) is 0 Å². The van der Waals surface area contributed by atoms with Gasteiger partial charge in [-0.2, -0.15) is 0 Å². The van der Waals surface area contributed by atoms with Gasteiger partial charge in [0.1, 0.15) is 5.75 Å². The Balaban J connectivity index is 2.59. The first-order valence-electron chi connectivity index (χ1n) is 5.24. The zero-order chi connectivity index (χ0) is 13.6. The van der Waals surface area contributed by atoms with Gasteiger partial charge in [-0.15, -0.1) is 13.2 Å². The molecule has 0 heterocycles. The van der Waals surface area contributed by atoms with E-state index in [4.69, 9.17) is 10.2 Å². The van der Waals surface area contributed by atoms with Crippen molar-refractivity contribution >= 4 is 0 Å². The quantitative estimate of drug-likeness (QED) is 0.719. The molecule has 0 saturated heterocycles. The third-order valence-electron chi connectivity index (χ3n) is 2.17. The van der Waals surface area contributed by atoms with Crippen molar-refractivity contribution in [2.24, 2.45) is 0 Å². The molecule has 18 heavy (non-hydrogen) atoms. The second-order valence-electron chi connectivity index (χ2n) is 3.64. The average Bonchev–Trinajstić information content (AvgIpc) is 2.28. The first kappa shape index (κ1) is 14.7. The zero-order valence-corrected chi connectivity index (χ0v) is 9.44. The van der Waals surface area contributed by atoms with Crippen LogP contribution in [0.5, 0.6) is 5.75 Å². The molecule has 0 bridgehead atoms. The number of benzene rings is 1. The summed E-state index contributed by atoms with van der Waals surface area (Å²) in [7, 11) is 0. The van der Waals surface area contributed by atoms with Crippen LogP contribution in [0.25, 0.3) is 0 Å². The van der Waals surface area contributed by atoms with Crippen LogP contribution in [-0.4, -0.2) is 35.8 Å². The Bertz CT molecular complexity index is 367. The summed E-state index contributed by atoms with van der Waals surface area (Å²) in [6.45, 7) is -0.286. The van der Waals surface area contributed by atoms with E-state index in [-0.39, 0.29) is 25.5 Å². The number of alkyl halides is 3. The van der Waals surface area contributed by atoms with Gasteiger partial charge in [0, 0.05) is 6.54 Å². The van der Waals surface area contributed by atoms with E-state index in [1.165, 1.54) is 18.2 Å². The maximum Gasteiger partial charge on any atom is 0.573 e. The van der Waals surface area contributed by atoms with E-state index in [2.05, 4.69) is 10.1 Å². The molecule has 0 radical (unpaired) electrons. The molecule has 1 aromatic rings. The van der Waals surface area contributed by atoms with Gasteiger partial charge in [0.15, 0.2) is 0 Å². The SMILES string of the molecule is OCC(CO)NCc1cccc(OC(F)(F)F)c1. The Morgan fingerprint density at radius 2 is 1.89 bits per heavy atom. The van der Waals surface area contributed by atoms with Crippen molar-refractivity contribution in [1.29, 1.82) is 0 Å². The van der Waals surface area contributed by atoms with Crippen LogP contribution in [-0.2, 0) is 6.54 Å². The fraction of sp³-hybridized carbons (Fsp3) is 0.455. The molecule has 0 aromatic heterocycles. The van der Waals surface area contributed by atoms with Gasteiger partial charge >= 0.3 is 6.36 Å². The van der Waals surface area contributed by atoms with Gasteiger partial charge in [0.25, 0.3) is 0 Å². The van der Waals surface area contributed by atoms with Crippen LogP contribution >= 0.6 is 0 Å².